The van der Waals surface area contributed by atoms with Crippen LogP contribution in [-0.4, -0.2) is 23.5 Å². The van der Waals surface area contributed by atoms with Crippen molar-refractivity contribution in [3.8, 4) is 0 Å². The van der Waals surface area contributed by atoms with E-state index >= 15 is 0 Å². The van der Waals surface area contributed by atoms with E-state index in [9.17, 15) is 4.79 Å². The second-order valence-electron chi connectivity index (χ2n) is 3.74. The number of amides is 1. The Balaban J connectivity index is 2.69. The average molecular weight is 335 g/mol. The first-order valence-corrected chi connectivity index (χ1v) is 6.34. The van der Waals surface area contributed by atoms with Gasteiger partial charge in [-0.3, -0.25) is 4.79 Å². The Labute approximate surface area is 118 Å². The van der Waals surface area contributed by atoms with Crippen molar-refractivity contribution < 1.29 is 10.0 Å². The lowest BCUT2D eigenvalue weighted by Gasteiger charge is -2.12. The van der Waals surface area contributed by atoms with Gasteiger partial charge in [-0.2, -0.15) is 0 Å². The Morgan fingerprint density at radius 3 is 2.94 bits per heavy atom. The first kappa shape index (κ1) is 14.8. The van der Waals surface area contributed by atoms with Crippen LogP contribution < -0.4 is 11.1 Å². The van der Waals surface area contributed by atoms with E-state index in [2.05, 4.69) is 26.4 Å². The summed E-state index contributed by atoms with van der Waals surface area (Å²) < 4.78 is 0.654. The van der Waals surface area contributed by atoms with Crippen LogP contribution in [0, 0.1) is 5.92 Å². The monoisotopic (exact) mass is 333 g/mol. The van der Waals surface area contributed by atoms with Crippen molar-refractivity contribution >= 4 is 39.3 Å². The number of halogens is 2. The van der Waals surface area contributed by atoms with E-state index in [1.165, 1.54) is 0 Å². The fraction of sp³-hybridized carbons (Fsp3) is 0.273. The molecule has 0 saturated heterocycles. The fourth-order valence-corrected chi connectivity index (χ4v) is 1.80. The Morgan fingerprint density at radius 2 is 2.33 bits per heavy atom. The normalized spacial score (nSPS) is 13.2. The molecule has 98 valence electrons. The molecule has 0 aliphatic heterocycles. The summed E-state index contributed by atoms with van der Waals surface area (Å²) in [4.78, 5) is 11.9. The van der Waals surface area contributed by atoms with Crippen LogP contribution in [0.4, 0.5) is 0 Å². The summed E-state index contributed by atoms with van der Waals surface area (Å²) in [6.45, 7) is 2.00. The van der Waals surface area contributed by atoms with Gasteiger partial charge in [0.05, 0.1) is 10.6 Å². The number of amidine groups is 1. The van der Waals surface area contributed by atoms with Crippen molar-refractivity contribution in [3.05, 3.63) is 33.3 Å². The highest BCUT2D eigenvalue weighted by Crippen LogP contribution is 2.25. The second-order valence-corrected chi connectivity index (χ2v) is 4.97. The summed E-state index contributed by atoms with van der Waals surface area (Å²) in [6.07, 6.45) is 0. The zero-order valence-corrected chi connectivity index (χ0v) is 12.0. The molecule has 0 spiro atoms. The highest BCUT2D eigenvalue weighted by Gasteiger charge is 2.14. The van der Waals surface area contributed by atoms with Gasteiger partial charge in [0.25, 0.3) is 5.91 Å². The number of nitrogens with one attached hydrogen (secondary N) is 1. The molecular formula is C11H13BrClN3O2. The maximum Gasteiger partial charge on any atom is 0.252 e. The van der Waals surface area contributed by atoms with Gasteiger partial charge in [-0.15, -0.1) is 0 Å². The molecule has 0 aliphatic carbocycles. The molecule has 7 heteroatoms. The molecule has 0 fully saturated rings. The lowest BCUT2D eigenvalue weighted by molar-refractivity contribution is 0.0951. The fourth-order valence-electron chi connectivity index (χ4n) is 1.22. The summed E-state index contributed by atoms with van der Waals surface area (Å²) >= 11 is 9.24. The SMILES string of the molecule is CC(CNC(=O)c1cccc(Br)c1Cl)/C(N)=N/O. The van der Waals surface area contributed by atoms with E-state index in [1.54, 1.807) is 25.1 Å². The second kappa shape index (κ2) is 6.61. The average Bonchev–Trinajstić information content (AvgIpc) is 2.37. The van der Waals surface area contributed by atoms with Crippen molar-refractivity contribution in [3.63, 3.8) is 0 Å². The number of benzene rings is 1. The van der Waals surface area contributed by atoms with E-state index in [0.29, 0.717) is 15.1 Å². The van der Waals surface area contributed by atoms with Crippen LogP contribution in [-0.2, 0) is 0 Å². The molecule has 1 aromatic carbocycles. The van der Waals surface area contributed by atoms with Gasteiger partial charge >= 0.3 is 0 Å². The van der Waals surface area contributed by atoms with Gasteiger partial charge in [0.1, 0.15) is 5.84 Å². The summed E-state index contributed by atoms with van der Waals surface area (Å²) in [5.41, 5.74) is 5.78. The van der Waals surface area contributed by atoms with E-state index in [1.807, 2.05) is 0 Å². The minimum absolute atomic E-state index is 0.0654. The summed E-state index contributed by atoms with van der Waals surface area (Å²) in [7, 11) is 0. The van der Waals surface area contributed by atoms with Crippen LogP contribution in [0.5, 0.6) is 0 Å². The van der Waals surface area contributed by atoms with Crippen LogP contribution in [0.2, 0.25) is 5.02 Å². The third-order valence-electron chi connectivity index (χ3n) is 2.39. The van der Waals surface area contributed by atoms with Gasteiger partial charge in [-0.25, -0.2) is 0 Å². The molecule has 0 saturated carbocycles. The van der Waals surface area contributed by atoms with Crippen molar-refractivity contribution in [2.45, 2.75) is 6.92 Å². The number of nitrogens with zero attached hydrogens (tertiary/aromatic N) is 1. The zero-order chi connectivity index (χ0) is 13.7. The predicted octanol–water partition coefficient (Wildman–Crippen LogP) is 2.21. The van der Waals surface area contributed by atoms with Crippen LogP contribution in [0.3, 0.4) is 0 Å². The third-order valence-corrected chi connectivity index (χ3v) is 3.68. The summed E-state index contributed by atoms with van der Waals surface area (Å²) in [5, 5.41) is 14.4. The zero-order valence-electron chi connectivity index (χ0n) is 9.65. The van der Waals surface area contributed by atoms with E-state index in [-0.39, 0.29) is 24.2 Å². The number of carbonyl (C=O) groups is 1. The molecule has 1 rings (SSSR count). The molecule has 5 nitrogen and oxygen atoms in total. The third kappa shape index (κ3) is 3.61. The number of carbonyl (C=O) groups excluding carboxylic acids is 1. The minimum atomic E-state index is -0.307. The maximum absolute atomic E-state index is 11.9. The van der Waals surface area contributed by atoms with Gasteiger partial charge in [0.15, 0.2) is 0 Å². The summed E-state index contributed by atoms with van der Waals surface area (Å²) in [6, 6.07) is 5.09. The molecule has 0 radical (unpaired) electrons. The molecule has 1 amide bonds. The van der Waals surface area contributed by atoms with E-state index in [0.717, 1.165) is 0 Å². The Hall–Kier alpha value is -1.27. The Morgan fingerprint density at radius 1 is 1.67 bits per heavy atom. The molecule has 1 unspecified atom stereocenters. The quantitative estimate of drug-likeness (QED) is 0.341. The number of nitrogens with two attached hydrogens (primary N) is 1. The first-order chi connectivity index (χ1) is 8.47. The first-order valence-electron chi connectivity index (χ1n) is 5.17. The van der Waals surface area contributed by atoms with E-state index < -0.39 is 0 Å². The van der Waals surface area contributed by atoms with Gasteiger partial charge in [0, 0.05) is 16.9 Å². The number of hydrogen-bond acceptors (Lipinski definition) is 3. The highest BCUT2D eigenvalue weighted by molar-refractivity contribution is 9.10. The smallest absolute Gasteiger partial charge is 0.252 e. The lowest BCUT2D eigenvalue weighted by Crippen LogP contribution is -2.34. The molecule has 1 atom stereocenters. The molecule has 1 aromatic rings. The van der Waals surface area contributed by atoms with Crippen molar-refractivity contribution in [2.24, 2.45) is 16.8 Å². The molecule has 18 heavy (non-hydrogen) atoms. The molecular weight excluding hydrogens is 321 g/mol. The summed E-state index contributed by atoms with van der Waals surface area (Å²) in [5.74, 6) is -0.501. The predicted molar refractivity (Wildman–Crippen MR) is 74.1 cm³/mol. The molecule has 0 aliphatic rings. The van der Waals surface area contributed by atoms with Crippen LogP contribution >= 0.6 is 27.5 Å². The van der Waals surface area contributed by atoms with Crippen molar-refractivity contribution in [1.29, 1.82) is 0 Å². The van der Waals surface area contributed by atoms with Crippen LogP contribution in [0.25, 0.3) is 0 Å². The highest BCUT2D eigenvalue weighted by atomic mass is 79.9. The van der Waals surface area contributed by atoms with Crippen molar-refractivity contribution in [1.82, 2.24) is 5.32 Å². The topological polar surface area (TPSA) is 87.7 Å². The molecule has 0 bridgehead atoms. The van der Waals surface area contributed by atoms with Gasteiger partial charge in [-0.05, 0) is 28.1 Å². The number of hydrogen-bond donors (Lipinski definition) is 3. The van der Waals surface area contributed by atoms with Crippen molar-refractivity contribution in [2.75, 3.05) is 6.54 Å². The molecule has 0 heterocycles. The largest absolute Gasteiger partial charge is 0.409 e. The minimum Gasteiger partial charge on any atom is -0.409 e. The van der Waals surface area contributed by atoms with E-state index in [4.69, 9.17) is 22.5 Å². The van der Waals surface area contributed by atoms with Gasteiger partial charge < -0.3 is 16.3 Å². The maximum atomic E-state index is 11.9. The van der Waals surface area contributed by atoms with Crippen LogP contribution in [0.15, 0.2) is 27.8 Å². The number of oxime groups is 1. The van der Waals surface area contributed by atoms with Gasteiger partial charge in [0.2, 0.25) is 0 Å². The Bertz CT molecular complexity index is 479. The van der Waals surface area contributed by atoms with Crippen LogP contribution in [0.1, 0.15) is 17.3 Å². The van der Waals surface area contributed by atoms with Gasteiger partial charge in [-0.1, -0.05) is 29.7 Å². The Kier molecular flexibility index (Phi) is 5.43. The molecule has 0 aromatic heterocycles. The molecule has 4 N–H and O–H groups in total. The lowest BCUT2D eigenvalue weighted by atomic mass is 10.1. The standard InChI is InChI=1S/C11H13BrClN3O2/c1-6(10(14)16-18)5-15-11(17)7-3-2-4-8(12)9(7)13/h2-4,6,18H,5H2,1H3,(H2,14,16)(H,15,17). The number of rotatable bonds is 4.